The van der Waals surface area contributed by atoms with Crippen LogP contribution in [0.4, 0.5) is 10.2 Å². The van der Waals surface area contributed by atoms with Crippen molar-refractivity contribution < 1.29 is 18.5 Å². The summed E-state index contributed by atoms with van der Waals surface area (Å²) in [5, 5.41) is 9.08. The van der Waals surface area contributed by atoms with Gasteiger partial charge in [-0.1, -0.05) is 49.7 Å². The number of nitrogens with one attached hydrogen (secondary N) is 2. The predicted octanol–water partition coefficient (Wildman–Crippen LogP) is 5.06. The van der Waals surface area contributed by atoms with Gasteiger partial charge in [-0.2, -0.15) is 4.98 Å². The quantitative estimate of drug-likeness (QED) is 0.505. The van der Waals surface area contributed by atoms with Gasteiger partial charge in [0.15, 0.2) is 0 Å². The molecule has 2 amide bonds. The number of halogens is 2. The van der Waals surface area contributed by atoms with Crippen LogP contribution >= 0.6 is 11.6 Å². The second-order valence-corrected chi connectivity index (χ2v) is 9.77. The number of rotatable bonds is 6. The molecule has 1 aliphatic carbocycles. The first-order valence-electron chi connectivity index (χ1n) is 10.9. The van der Waals surface area contributed by atoms with Crippen molar-refractivity contribution >= 4 is 29.2 Å². The molecule has 1 atom stereocenters. The van der Waals surface area contributed by atoms with E-state index in [-0.39, 0.29) is 28.2 Å². The summed E-state index contributed by atoms with van der Waals surface area (Å²) < 4.78 is 20.4. The van der Waals surface area contributed by atoms with E-state index in [1.54, 1.807) is 31.2 Å². The molecule has 0 spiro atoms. The van der Waals surface area contributed by atoms with E-state index < -0.39 is 23.2 Å². The largest absolute Gasteiger partial charge is 0.343 e. The minimum absolute atomic E-state index is 0.0279. The second kappa shape index (κ2) is 9.13. The van der Waals surface area contributed by atoms with Gasteiger partial charge in [-0.3, -0.25) is 9.59 Å². The van der Waals surface area contributed by atoms with E-state index in [2.05, 4.69) is 25.8 Å². The number of pyridine rings is 1. The van der Waals surface area contributed by atoms with Crippen LogP contribution in [0.3, 0.4) is 0 Å². The summed E-state index contributed by atoms with van der Waals surface area (Å²) in [6.45, 7) is 7.35. The number of nitrogens with zero attached hydrogens (tertiary/aromatic N) is 3. The summed E-state index contributed by atoms with van der Waals surface area (Å²) in [7, 11) is 0. The van der Waals surface area contributed by atoms with Crippen molar-refractivity contribution in [2.75, 3.05) is 5.32 Å². The number of benzene rings is 1. The predicted molar refractivity (Wildman–Crippen MR) is 125 cm³/mol. The van der Waals surface area contributed by atoms with Crippen LogP contribution in [0.2, 0.25) is 5.02 Å². The molecule has 0 bridgehead atoms. The number of amides is 2. The zero-order chi connectivity index (χ0) is 24.6. The summed E-state index contributed by atoms with van der Waals surface area (Å²) >= 11 is 6.35. The van der Waals surface area contributed by atoms with Crippen LogP contribution in [0.1, 0.15) is 68.7 Å². The third kappa shape index (κ3) is 5.09. The Kier molecular flexibility index (Phi) is 6.40. The van der Waals surface area contributed by atoms with Crippen molar-refractivity contribution in [1.82, 2.24) is 20.4 Å². The molecule has 1 aliphatic rings. The Morgan fingerprint density at radius 2 is 1.97 bits per heavy atom. The van der Waals surface area contributed by atoms with Gasteiger partial charge >= 0.3 is 0 Å². The highest BCUT2D eigenvalue weighted by atomic mass is 35.5. The van der Waals surface area contributed by atoms with Crippen LogP contribution in [-0.4, -0.2) is 26.9 Å². The molecule has 0 aliphatic heterocycles. The maximum absolute atomic E-state index is 15.2. The van der Waals surface area contributed by atoms with Gasteiger partial charge in [0.25, 0.3) is 11.7 Å². The van der Waals surface area contributed by atoms with Crippen LogP contribution in [0.25, 0.3) is 11.1 Å². The van der Waals surface area contributed by atoms with E-state index in [0.29, 0.717) is 22.8 Å². The fourth-order valence-electron chi connectivity index (χ4n) is 3.32. The minimum Gasteiger partial charge on any atom is -0.343 e. The third-order valence-electron chi connectivity index (χ3n) is 5.47. The van der Waals surface area contributed by atoms with E-state index in [1.807, 2.05) is 20.8 Å². The van der Waals surface area contributed by atoms with Crippen molar-refractivity contribution in [3.05, 3.63) is 58.6 Å². The van der Waals surface area contributed by atoms with Gasteiger partial charge in [0.2, 0.25) is 11.8 Å². The molecule has 1 fully saturated rings. The lowest BCUT2D eigenvalue weighted by Crippen LogP contribution is -2.28. The summed E-state index contributed by atoms with van der Waals surface area (Å²) in [6.07, 6.45) is 3.24. The van der Waals surface area contributed by atoms with Gasteiger partial charge in [-0.25, -0.2) is 9.37 Å². The van der Waals surface area contributed by atoms with Crippen molar-refractivity contribution in [1.29, 1.82) is 0 Å². The molecule has 1 unspecified atom stereocenters. The Bertz CT molecular complexity index is 1250. The van der Waals surface area contributed by atoms with E-state index >= 15 is 4.39 Å². The van der Waals surface area contributed by atoms with Gasteiger partial charge in [-0.15, -0.1) is 0 Å². The highest BCUT2D eigenvalue weighted by Crippen LogP contribution is 2.34. The monoisotopic (exact) mass is 485 g/mol. The lowest BCUT2D eigenvalue weighted by molar-refractivity contribution is -0.117. The van der Waals surface area contributed by atoms with Crippen molar-refractivity contribution in [2.45, 2.75) is 52.0 Å². The standard InChI is InChI=1S/C24H25ClFN5O3/c1-12(28-22(33)20-30-23(34-31-20)24(2,3)4)15-7-8-16(19(26)18(15)25)14-9-10-27-17(11-14)29-21(32)13-5-6-13/h7-13H,5-6H2,1-4H3,(H,28,33)(H,27,29,32). The smallest absolute Gasteiger partial charge is 0.293 e. The normalized spacial score (nSPS) is 14.5. The zero-order valence-corrected chi connectivity index (χ0v) is 20.0. The maximum atomic E-state index is 15.2. The first kappa shape index (κ1) is 23.8. The average Bonchev–Trinajstić information content (AvgIpc) is 3.50. The number of aromatic nitrogens is 3. The molecular weight excluding hydrogens is 461 g/mol. The van der Waals surface area contributed by atoms with Gasteiger partial charge in [0.1, 0.15) is 11.6 Å². The van der Waals surface area contributed by atoms with Crippen LogP contribution in [0.5, 0.6) is 0 Å². The Morgan fingerprint density at radius 3 is 2.62 bits per heavy atom. The maximum Gasteiger partial charge on any atom is 0.293 e. The molecule has 8 nitrogen and oxygen atoms in total. The molecule has 3 aromatic rings. The molecule has 34 heavy (non-hydrogen) atoms. The summed E-state index contributed by atoms with van der Waals surface area (Å²) in [5.41, 5.74) is 0.773. The van der Waals surface area contributed by atoms with Crippen LogP contribution in [0, 0.1) is 11.7 Å². The van der Waals surface area contributed by atoms with Gasteiger partial charge in [0.05, 0.1) is 11.1 Å². The third-order valence-corrected chi connectivity index (χ3v) is 5.85. The number of hydrogen-bond acceptors (Lipinski definition) is 6. The average molecular weight is 486 g/mol. The number of carbonyl (C=O) groups is 2. The molecule has 1 saturated carbocycles. The molecule has 1 aromatic carbocycles. The van der Waals surface area contributed by atoms with Crippen molar-refractivity contribution in [2.24, 2.45) is 5.92 Å². The lowest BCUT2D eigenvalue weighted by Gasteiger charge is -2.17. The first-order valence-corrected chi connectivity index (χ1v) is 11.3. The van der Waals surface area contributed by atoms with Crippen LogP contribution < -0.4 is 10.6 Å². The molecule has 2 N–H and O–H groups in total. The summed E-state index contributed by atoms with van der Waals surface area (Å²) in [6, 6.07) is 5.84. The number of carbonyl (C=O) groups excluding carboxylic acids is 2. The van der Waals surface area contributed by atoms with Gasteiger partial charge in [0, 0.05) is 23.1 Å². The fraction of sp³-hybridized carbons (Fsp3) is 0.375. The molecule has 0 radical (unpaired) electrons. The second-order valence-electron chi connectivity index (χ2n) is 9.39. The lowest BCUT2D eigenvalue weighted by atomic mass is 9.97. The molecule has 0 saturated heterocycles. The van der Waals surface area contributed by atoms with E-state index in [9.17, 15) is 9.59 Å². The Morgan fingerprint density at radius 1 is 1.24 bits per heavy atom. The minimum atomic E-state index is -0.638. The number of anilines is 1. The van der Waals surface area contributed by atoms with Crippen LogP contribution in [0.15, 0.2) is 35.0 Å². The Hall–Kier alpha value is -3.33. The van der Waals surface area contributed by atoms with Gasteiger partial charge < -0.3 is 15.2 Å². The van der Waals surface area contributed by atoms with Crippen molar-refractivity contribution in [3.8, 4) is 11.1 Å². The molecule has 178 valence electrons. The van der Waals surface area contributed by atoms with Crippen molar-refractivity contribution in [3.63, 3.8) is 0 Å². The van der Waals surface area contributed by atoms with E-state index in [0.717, 1.165) is 12.8 Å². The van der Waals surface area contributed by atoms with E-state index in [4.69, 9.17) is 16.1 Å². The molecule has 10 heteroatoms. The molecule has 2 aromatic heterocycles. The Labute approximate surface area is 201 Å². The van der Waals surface area contributed by atoms with Gasteiger partial charge in [-0.05, 0) is 43.0 Å². The molecule has 2 heterocycles. The summed E-state index contributed by atoms with van der Waals surface area (Å²) in [5.74, 6) is -0.673. The molecular formula is C24H25ClFN5O3. The number of hydrogen-bond donors (Lipinski definition) is 2. The first-order chi connectivity index (χ1) is 16.0. The highest BCUT2D eigenvalue weighted by molar-refractivity contribution is 6.32. The zero-order valence-electron chi connectivity index (χ0n) is 19.3. The SMILES string of the molecule is CC(NC(=O)c1noc(C(C)(C)C)n1)c1ccc(-c2ccnc(NC(=O)C3CC3)c2)c(F)c1Cl. The van der Waals surface area contributed by atoms with Crippen LogP contribution in [-0.2, 0) is 10.2 Å². The fourth-order valence-corrected chi connectivity index (χ4v) is 3.65. The molecule has 4 rings (SSSR count). The summed E-state index contributed by atoms with van der Waals surface area (Å²) in [4.78, 5) is 32.8. The van der Waals surface area contributed by atoms with E-state index in [1.165, 1.54) is 6.20 Å². The Balaban J connectivity index is 1.51. The topological polar surface area (TPSA) is 110 Å². The highest BCUT2D eigenvalue weighted by Gasteiger charge is 2.30.